The summed E-state index contributed by atoms with van der Waals surface area (Å²) >= 11 is 0. The number of phosphoric ester groups is 3. The van der Waals surface area contributed by atoms with Crippen molar-refractivity contribution in [1.29, 1.82) is 0 Å². The Morgan fingerprint density at radius 3 is 2.21 bits per heavy atom. The zero-order valence-electron chi connectivity index (χ0n) is 23.3. The van der Waals surface area contributed by atoms with Crippen molar-refractivity contribution < 1.29 is 84.7 Å². The Kier molecular flexibility index (Phi) is 9.07. The molecular weight excluding hydrogens is 715 g/mol. The molecule has 2 atom stereocenters. The Labute approximate surface area is 264 Å². The molecule has 0 fully saturated rings. The highest BCUT2D eigenvalue weighted by Gasteiger charge is 2.38. The van der Waals surface area contributed by atoms with Crippen LogP contribution in [0.3, 0.4) is 0 Å². The number of furan rings is 2. The van der Waals surface area contributed by atoms with Crippen LogP contribution in [0.25, 0.3) is 22.9 Å². The van der Waals surface area contributed by atoms with Crippen molar-refractivity contribution >= 4 is 46.4 Å². The number of aromatic nitrogens is 5. The van der Waals surface area contributed by atoms with Crippen LogP contribution in [0.4, 0.5) is 5.82 Å². The first kappa shape index (κ1) is 34.5. The molecule has 256 valence electrons. The SMILES string of the molecule is NC(=O)c1ccc[n+](-c2oc(COP(=O)(O)OP(=O)(O)OCc3oc(-n4cnc5c(N)ncnc54)c(OP(=O)(O)O)c3O)c(O)c2O)c1. The summed E-state index contributed by atoms with van der Waals surface area (Å²) in [7, 11) is -16.5. The third-order valence-electron chi connectivity index (χ3n) is 5.84. The van der Waals surface area contributed by atoms with Crippen molar-refractivity contribution in [3.8, 4) is 34.8 Å². The second kappa shape index (κ2) is 12.6. The van der Waals surface area contributed by atoms with Gasteiger partial charge >= 0.3 is 29.4 Å². The fourth-order valence-electron chi connectivity index (χ4n) is 3.82. The molecule has 0 aliphatic rings. The number of carbonyl (C=O) groups is 1. The van der Waals surface area contributed by atoms with Gasteiger partial charge in [-0.2, -0.15) is 4.31 Å². The summed E-state index contributed by atoms with van der Waals surface area (Å²) in [6.07, 6.45) is 4.44. The number of primary amides is 1. The van der Waals surface area contributed by atoms with Gasteiger partial charge in [0.05, 0.1) is 0 Å². The quantitative estimate of drug-likeness (QED) is 0.0586. The van der Waals surface area contributed by atoms with Gasteiger partial charge in [0.15, 0.2) is 40.9 Å². The number of imidazole rings is 1. The van der Waals surface area contributed by atoms with Gasteiger partial charge in [-0.05, 0) is 6.07 Å². The van der Waals surface area contributed by atoms with Crippen LogP contribution < -0.4 is 20.6 Å². The predicted octanol–water partition coefficient (Wildman–Crippen LogP) is 0.498. The summed E-state index contributed by atoms with van der Waals surface area (Å²) in [5.41, 5.74) is 10.8. The molecule has 5 rings (SSSR count). The lowest BCUT2D eigenvalue weighted by molar-refractivity contribution is -0.610. The maximum Gasteiger partial charge on any atom is 0.525 e. The molecule has 5 aromatic rings. The van der Waals surface area contributed by atoms with Gasteiger partial charge in [-0.3, -0.25) is 23.6 Å². The lowest BCUT2D eigenvalue weighted by Gasteiger charge is -2.15. The van der Waals surface area contributed by atoms with Gasteiger partial charge in [-0.1, -0.05) is 0 Å². The van der Waals surface area contributed by atoms with E-state index in [0.717, 1.165) is 28.0 Å². The summed E-state index contributed by atoms with van der Waals surface area (Å²) < 4.78 is 66.9. The highest BCUT2D eigenvalue weighted by molar-refractivity contribution is 7.61. The second-order valence-corrected chi connectivity index (χ2v) is 13.3. The molecule has 2 unspecified atom stereocenters. The fraction of sp³-hybridized carbons (Fsp3) is 0.0952. The van der Waals surface area contributed by atoms with Crippen molar-refractivity contribution in [3.05, 3.63) is 54.3 Å². The maximum atomic E-state index is 12.5. The first-order valence-corrected chi connectivity index (χ1v) is 16.9. The second-order valence-electron chi connectivity index (χ2n) is 9.09. The number of carbonyl (C=O) groups excluding carboxylic acids is 1. The van der Waals surface area contributed by atoms with E-state index in [1.807, 2.05) is 0 Å². The van der Waals surface area contributed by atoms with E-state index in [-0.39, 0.29) is 22.5 Å². The first-order valence-electron chi connectivity index (χ1n) is 12.4. The molecule has 1 amide bonds. The van der Waals surface area contributed by atoms with E-state index in [1.54, 1.807) is 0 Å². The number of hydrogen-bond donors (Lipinski definition) is 9. The Bertz CT molecular complexity index is 2190. The van der Waals surface area contributed by atoms with Crippen LogP contribution >= 0.6 is 23.5 Å². The molecule has 11 N–H and O–H groups in total. The molecule has 5 aromatic heterocycles. The highest BCUT2D eigenvalue weighted by Crippen LogP contribution is 2.61. The minimum Gasteiger partial charge on any atom is -0.502 e. The standard InChI is InChI=1S/C21H20N7O17P3/c22-17-12-19(25-7-24-17)28(8-26-12)21-16(44-46(33,34)35)14(30)11(43-21)6-41-48(38,39)45-47(36,37)40-5-10-13(29)15(31)20(42-10)27-3-1-2-9(4-27)18(23)32/h1-4,7-8H,5-6H2,(H10-,22,23,24,25,29,30,31,32,33,34,35,36,37,38,39)/p+1. The maximum absolute atomic E-state index is 12.5. The number of nitrogens with two attached hydrogens (primary N) is 2. The number of rotatable bonds is 13. The molecule has 0 saturated carbocycles. The van der Waals surface area contributed by atoms with Gasteiger partial charge in [0.1, 0.15) is 31.4 Å². The van der Waals surface area contributed by atoms with Crippen LogP contribution in [-0.4, -0.2) is 60.3 Å². The number of nitrogen functional groups attached to an aromatic ring is 1. The van der Waals surface area contributed by atoms with Crippen molar-refractivity contribution in [2.75, 3.05) is 5.73 Å². The number of aromatic hydroxyl groups is 3. The van der Waals surface area contributed by atoms with E-state index in [1.165, 1.54) is 18.3 Å². The van der Waals surface area contributed by atoms with Gasteiger partial charge in [0.25, 0.3) is 17.5 Å². The zero-order chi connectivity index (χ0) is 35.2. The van der Waals surface area contributed by atoms with E-state index in [9.17, 15) is 53.4 Å². The number of phosphoric acid groups is 3. The lowest BCUT2D eigenvalue weighted by atomic mass is 10.3. The first-order chi connectivity index (χ1) is 22.4. The molecule has 0 saturated heterocycles. The predicted molar refractivity (Wildman–Crippen MR) is 150 cm³/mol. The van der Waals surface area contributed by atoms with Crippen LogP contribution in [0.15, 0.2) is 46.0 Å². The average Bonchev–Trinajstić information content (AvgIpc) is 3.64. The van der Waals surface area contributed by atoms with Gasteiger partial charge in [0, 0.05) is 6.07 Å². The summed E-state index contributed by atoms with van der Waals surface area (Å²) in [6.45, 7) is -2.39. The van der Waals surface area contributed by atoms with E-state index in [2.05, 4.69) is 32.8 Å². The number of nitrogens with zero attached hydrogens (tertiary/aromatic N) is 5. The number of hydrogen-bond acceptors (Lipinski definition) is 17. The summed E-state index contributed by atoms with van der Waals surface area (Å²) in [5.74, 6) is -7.56. The molecule has 0 radical (unpaired) electrons. The minimum absolute atomic E-state index is 0.00521. The molecule has 27 heteroatoms. The Balaban J connectivity index is 1.31. The van der Waals surface area contributed by atoms with Crippen molar-refractivity contribution in [3.63, 3.8) is 0 Å². The van der Waals surface area contributed by atoms with Crippen molar-refractivity contribution in [2.45, 2.75) is 13.2 Å². The molecule has 0 aromatic carbocycles. The minimum atomic E-state index is -5.60. The van der Waals surface area contributed by atoms with Crippen LogP contribution in [0, 0.1) is 0 Å². The average molecular weight is 736 g/mol. The highest BCUT2D eigenvalue weighted by atomic mass is 31.3. The molecule has 48 heavy (non-hydrogen) atoms. The monoisotopic (exact) mass is 736 g/mol. The Hall–Kier alpha value is -4.86. The number of fused-ring (bicyclic) bond motifs is 1. The molecule has 5 heterocycles. The summed E-state index contributed by atoms with van der Waals surface area (Å²) in [5, 5.41) is 31.0. The topological polar surface area (TPSA) is 373 Å². The summed E-state index contributed by atoms with van der Waals surface area (Å²) in [4.78, 5) is 61.7. The molecule has 0 aliphatic heterocycles. The smallest absolute Gasteiger partial charge is 0.502 e. The van der Waals surface area contributed by atoms with Crippen LogP contribution in [0.2, 0.25) is 0 Å². The Morgan fingerprint density at radius 2 is 1.58 bits per heavy atom. The van der Waals surface area contributed by atoms with E-state index in [0.29, 0.717) is 0 Å². The number of pyridine rings is 1. The third-order valence-corrected chi connectivity index (χ3v) is 8.82. The van der Waals surface area contributed by atoms with Gasteiger partial charge in [0.2, 0.25) is 17.2 Å². The van der Waals surface area contributed by atoms with Crippen molar-refractivity contribution in [2.24, 2.45) is 5.73 Å². The molecule has 0 bridgehead atoms. The van der Waals surface area contributed by atoms with E-state index in [4.69, 9.17) is 20.3 Å². The van der Waals surface area contributed by atoms with Crippen LogP contribution in [0.5, 0.6) is 23.0 Å². The van der Waals surface area contributed by atoms with Crippen LogP contribution in [0.1, 0.15) is 21.9 Å². The normalized spacial score (nSPS) is 14.5. The zero-order valence-corrected chi connectivity index (χ0v) is 26.0. The summed E-state index contributed by atoms with van der Waals surface area (Å²) in [6, 6.07) is 2.69. The molecular formula is C21H21N7O17P3+. The number of amides is 1. The van der Waals surface area contributed by atoms with Crippen molar-refractivity contribution in [1.82, 2.24) is 19.5 Å². The molecule has 0 aliphatic carbocycles. The van der Waals surface area contributed by atoms with Gasteiger partial charge in [-0.15, -0.1) is 4.57 Å². The number of anilines is 1. The largest absolute Gasteiger partial charge is 0.525 e. The van der Waals surface area contributed by atoms with E-state index < -0.39 is 88.9 Å². The van der Waals surface area contributed by atoms with E-state index >= 15 is 0 Å². The Morgan fingerprint density at radius 1 is 0.938 bits per heavy atom. The van der Waals surface area contributed by atoms with Gasteiger partial charge < -0.3 is 49.9 Å². The third kappa shape index (κ3) is 7.32. The van der Waals surface area contributed by atoms with Crippen LogP contribution in [-0.2, 0) is 40.3 Å². The molecule has 24 nitrogen and oxygen atoms in total. The van der Waals surface area contributed by atoms with Gasteiger partial charge in [-0.25, -0.2) is 33.2 Å². The fourth-order valence-corrected chi connectivity index (χ4v) is 6.21. The lowest BCUT2D eigenvalue weighted by Crippen LogP contribution is -2.31. The molecule has 0 spiro atoms.